The van der Waals surface area contributed by atoms with E-state index in [0.29, 0.717) is 13.1 Å². The minimum atomic E-state index is -3.51. The molecule has 0 aliphatic heterocycles. The predicted octanol–water partition coefficient (Wildman–Crippen LogP) is 2.84. The first-order valence-electron chi connectivity index (χ1n) is 8.89. The van der Waals surface area contributed by atoms with Gasteiger partial charge >= 0.3 is 0 Å². The molecule has 0 unspecified atom stereocenters. The van der Waals surface area contributed by atoms with E-state index in [1.54, 1.807) is 18.4 Å². The summed E-state index contributed by atoms with van der Waals surface area (Å²) in [6.45, 7) is 1.70. The molecule has 30 heavy (non-hydrogen) atoms. The molecule has 1 aromatic carbocycles. The van der Waals surface area contributed by atoms with Crippen molar-refractivity contribution in [1.82, 2.24) is 10.2 Å². The smallest absolute Gasteiger partial charge is 0.293 e. The van der Waals surface area contributed by atoms with Crippen molar-refractivity contribution in [3.05, 3.63) is 50.7 Å². The lowest BCUT2D eigenvalue weighted by atomic mass is 10.2. The van der Waals surface area contributed by atoms with Gasteiger partial charge < -0.3 is 15.5 Å². The summed E-state index contributed by atoms with van der Waals surface area (Å²) in [6.07, 6.45) is 1.94. The van der Waals surface area contributed by atoms with Crippen LogP contribution in [0.4, 0.5) is 11.4 Å². The van der Waals surface area contributed by atoms with Crippen molar-refractivity contribution < 1.29 is 13.3 Å². The molecule has 9 nitrogen and oxygen atoms in total. The van der Waals surface area contributed by atoms with Crippen molar-refractivity contribution in [2.24, 2.45) is 4.99 Å². The number of anilines is 1. The molecule has 166 valence electrons. The highest BCUT2D eigenvalue weighted by molar-refractivity contribution is 14.0. The Balaban J connectivity index is 0.00000450. The molecule has 1 aromatic heterocycles. The van der Waals surface area contributed by atoms with E-state index in [9.17, 15) is 18.5 Å². The van der Waals surface area contributed by atoms with Crippen LogP contribution in [0, 0.1) is 10.1 Å². The van der Waals surface area contributed by atoms with E-state index in [-0.39, 0.29) is 40.2 Å². The number of guanidine groups is 1. The molecule has 0 radical (unpaired) electrons. The third-order valence-corrected chi connectivity index (χ3v) is 6.21. The molecule has 0 atom stereocenters. The summed E-state index contributed by atoms with van der Waals surface area (Å²) >= 11 is 1.72. The van der Waals surface area contributed by atoms with Crippen molar-refractivity contribution in [3.63, 3.8) is 0 Å². The van der Waals surface area contributed by atoms with E-state index in [0.717, 1.165) is 31.2 Å². The quantitative estimate of drug-likeness (QED) is 0.120. The highest BCUT2D eigenvalue weighted by Crippen LogP contribution is 2.27. The summed E-state index contributed by atoms with van der Waals surface area (Å²) in [4.78, 5) is 18.2. The first-order chi connectivity index (χ1) is 13.7. The van der Waals surface area contributed by atoms with Gasteiger partial charge in [0, 0.05) is 50.9 Å². The molecular weight excluding hydrogens is 541 g/mol. The summed E-state index contributed by atoms with van der Waals surface area (Å²) in [7, 11) is 0.138. The van der Waals surface area contributed by atoms with Gasteiger partial charge in [0.25, 0.3) is 5.69 Å². The van der Waals surface area contributed by atoms with Gasteiger partial charge in [0.05, 0.1) is 9.82 Å². The molecule has 2 rings (SSSR count). The van der Waals surface area contributed by atoms with Gasteiger partial charge in [-0.05, 0) is 30.0 Å². The molecule has 0 spiro atoms. The fourth-order valence-electron chi connectivity index (χ4n) is 2.64. The van der Waals surface area contributed by atoms with Gasteiger partial charge in [-0.25, -0.2) is 8.42 Å². The maximum absolute atomic E-state index is 11.6. The number of nitro benzene ring substituents is 1. The number of thiophene rings is 1. The molecule has 12 heteroatoms. The number of aliphatic imine (C=N–C) groups is 1. The topological polar surface area (TPSA) is 117 Å². The molecule has 0 amide bonds. The van der Waals surface area contributed by atoms with Gasteiger partial charge in [-0.15, -0.1) is 35.3 Å². The molecule has 1 heterocycles. The predicted molar refractivity (Wildman–Crippen MR) is 132 cm³/mol. The van der Waals surface area contributed by atoms with Crippen LogP contribution < -0.4 is 10.6 Å². The van der Waals surface area contributed by atoms with Crippen LogP contribution in [-0.4, -0.2) is 64.2 Å². The van der Waals surface area contributed by atoms with Gasteiger partial charge in [0.15, 0.2) is 15.8 Å². The van der Waals surface area contributed by atoms with Gasteiger partial charge in [0.2, 0.25) is 0 Å². The van der Waals surface area contributed by atoms with Crippen molar-refractivity contribution in [1.29, 1.82) is 0 Å². The van der Waals surface area contributed by atoms with E-state index < -0.39 is 14.8 Å². The molecule has 0 saturated heterocycles. The molecule has 0 fully saturated rings. The molecule has 2 aromatic rings. The number of sulfone groups is 1. The Hall–Kier alpha value is -1.93. The van der Waals surface area contributed by atoms with E-state index >= 15 is 0 Å². The van der Waals surface area contributed by atoms with E-state index in [1.165, 1.54) is 17.0 Å². The van der Waals surface area contributed by atoms with E-state index in [4.69, 9.17) is 0 Å². The number of nitrogens with one attached hydrogen (secondary N) is 2. The first kappa shape index (κ1) is 26.1. The number of nitro groups is 1. The average molecular weight is 567 g/mol. The molecule has 2 N–H and O–H groups in total. The van der Waals surface area contributed by atoms with Gasteiger partial charge in [-0.3, -0.25) is 15.1 Å². The Morgan fingerprint density at radius 1 is 1.30 bits per heavy atom. The number of hydrogen-bond acceptors (Lipinski definition) is 7. The highest BCUT2D eigenvalue weighted by Gasteiger charge is 2.18. The van der Waals surface area contributed by atoms with Crippen LogP contribution in [0.1, 0.15) is 4.88 Å². The Morgan fingerprint density at radius 2 is 2.03 bits per heavy atom. The van der Waals surface area contributed by atoms with Crippen molar-refractivity contribution in [2.45, 2.75) is 11.3 Å². The van der Waals surface area contributed by atoms with Crippen LogP contribution in [0.3, 0.4) is 0 Å². The van der Waals surface area contributed by atoms with E-state index in [1.807, 2.05) is 18.0 Å². The maximum Gasteiger partial charge on any atom is 0.293 e. The Labute approximate surface area is 197 Å². The van der Waals surface area contributed by atoms with Gasteiger partial charge in [0.1, 0.15) is 5.69 Å². The summed E-state index contributed by atoms with van der Waals surface area (Å²) < 4.78 is 23.2. The Kier molecular flexibility index (Phi) is 10.5. The standard InChI is InChI=1S/C18H25N5O4S2.HI/c1-19-18(22(2)11-8-14-5-4-12-28-14)21-10-9-20-16-7-6-15(29(3,26)27)13-17(16)23(24)25;/h4-7,12-13,20H,8-11H2,1-3H3,(H,19,21);1H. The van der Waals surface area contributed by atoms with Crippen molar-refractivity contribution >= 4 is 62.5 Å². The summed E-state index contributed by atoms with van der Waals surface area (Å²) in [5, 5.41) is 19.5. The van der Waals surface area contributed by atoms with Gasteiger partial charge in [-0.1, -0.05) is 6.07 Å². The third kappa shape index (κ3) is 7.72. The molecule has 0 bridgehead atoms. The first-order valence-corrected chi connectivity index (χ1v) is 11.7. The summed E-state index contributed by atoms with van der Waals surface area (Å²) in [5.41, 5.74) is -0.00406. The zero-order valence-corrected chi connectivity index (χ0v) is 21.0. The number of benzene rings is 1. The van der Waals surface area contributed by atoms with Crippen LogP contribution in [0.5, 0.6) is 0 Å². The lowest BCUT2D eigenvalue weighted by Gasteiger charge is -2.22. The Bertz CT molecular complexity index is 965. The second-order valence-corrected chi connectivity index (χ2v) is 9.41. The summed E-state index contributed by atoms with van der Waals surface area (Å²) in [5.74, 6) is 0.727. The largest absolute Gasteiger partial charge is 0.378 e. The number of rotatable bonds is 9. The van der Waals surface area contributed by atoms with Crippen LogP contribution in [0.15, 0.2) is 45.6 Å². The van der Waals surface area contributed by atoms with E-state index in [2.05, 4.69) is 27.1 Å². The molecule has 0 aliphatic carbocycles. The Morgan fingerprint density at radius 3 is 2.60 bits per heavy atom. The molecular formula is C18H26IN5O4S2. The molecule has 0 saturated carbocycles. The second-order valence-electron chi connectivity index (χ2n) is 6.36. The zero-order chi connectivity index (χ0) is 21.4. The fourth-order valence-corrected chi connectivity index (χ4v) is 3.98. The average Bonchev–Trinajstić information content (AvgIpc) is 3.19. The number of hydrogen-bond donors (Lipinski definition) is 2. The van der Waals surface area contributed by atoms with Crippen molar-refractivity contribution in [2.75, 3.05) is 45.3 Å². The normalized spacial score (nSPS) is 11.5. The minimum absolute atomic E-state index is 0. The SMILES string of the molecule is CN=C(NCCNc1ccc(S(C)(=O)=O)cc1[N+](=O)[O-])N(C)CCc1cccs1.I. The minimum Gasteiger partial charge on any atom is -0.378 e. The number of nitrogens with zero attached hydrogens (tertiary/aromatic N) is 3. The second kappa shape index (κ2) is 12.1. The monoisotopic (exact) mass is 567 g/mol. The zero-order valence-electron chi connectivity index (χ0n) is 17.0. The van der Waals surface area contributed by atoms with Crippen molar-refractivity contribution in [3.8, 4) is 0 Å². The highest BCUT2D eigenvalue weighted by atomic mass is 127. The van der Waals surface area contributed by atoms with Crippen LogP contribution in [-0.2, 0) is 16.3 Å². The lowest BCUT2D eigenvalue weighted by molar-refractivity contribution is -0.384. The van der Waals surface area contributed by atoms with Gasteiger partial charge in [-0.2, -0.15) is 0 Å². The van der Waals surface area contributed by atoms with Crippen LogP contribution >= 0.6 is 35.3 Å². The fraction of sp³-hybridized carbons (Fsp3) is 0.389. The van der Waals surface area contributed by atoms with Crippen LogP contribution in [0.2, 0.25) is 0 Å². The number of halogens is 1. The lowest BCUT2D eigenvalue weighted by Crippen LogP contribution is -2.41. The third-order valence-electron chi connectivity index (χ3n) is 4.16. The van der Waals surface area contributed by atoms with Crippen LogP contribution in [0.25, 0.3) is 0 Å². The maximum atomic E-state index is 11.6. The molecule has 0 aliphatic rings. The summed E-state index contributed by atoms with van der Waals surface area (Å²) in [6, 6.07) is 7.97. The number of likely N-dealkylation sites (N-methyl/N-ethyl adjacent to an activating group) is 1.